The van der Waals surface area contributed by atoms with Crippen molar-refractivity contribution in [1.29, 1.82) is 0 Å². The quantitative estimate of drug-likeness (QED) is 0.651. The fourth-order valence-electron chi connectivity index (χ4n) is 2.44. The normalized spacial score (nSPS) is 28.8. The van der Waals surface area contributed by atoms with Crippen LogP contribution in [-0.4, -0.2) is 5.78 Å². The Kier molecular flexibility index (Phi) is 3.95. The lowest BCUT2D eigenvalue weighted by Gasteiger charge is -2.20. The first-order chi connectivity index (χ1) is 6.19. The molecule has 1 saturated carbocycles. The first-order valence-corrected chi connectivity index (χ1v) is 5.71. The number of ketones is 1. The Hall–Kier alpha value is -0.330. The van der Waals surface area contributed by atoms with Crippen molar-refractivity contribution in [3.05, 3.63) is 0 Å². The van der Waals surface area contributed by atoms with Gasteiger partial charge < -0.3 is 0 Å². The van der Waals surface area contributed by atoms with E-state index in [1.807, 2.05) is 0 Å². The van der Waals surface area contributed by atoms with Crippen LogP contribution in [0.2, 0.25) is 0 Å². The van der Waals surface area contributed by atoms with E-state index in [9.17, 15) is 4.79 Å². The highest BCUT2D eigenvalue weighted by Crippen LogP contribution is 2.34. The first kappa shape index (κ1) is 10.7. The van der Waals surface area contributed by atoms with Crippen molar-refractivity contribution in [3.8, 4) is 0 Å². The SMILES string of the molecule is CCC(CC)CC1CCC(=O)C1C. The lowest BCUT2D eigenvalue weighted by Crippen LogP contribution is -2.14. The smallest absolute Gasteiger partial charge is 0.135 e. The zero-order valence-corrected chi connectivity index (χ0v) is 9.18. The Morgan fingerprint density at radius 2 is 2.00 bits per heavy atom. The van der Waals surface area contributed by atoms with Crippen LogP contribution in [0.25, 0.3) is 0 Å². The van der Waals surface area contributed by atoms with Gasteiger partial charge in [0.25, 0.3) is 0 Å². The van der Waals surface area contributed by atoms with Crippen LogP contribution >= 0.6 is 0 Å². The van der Waals surface area contributed by atoms with E-state index >= 15 is 0 Å². The van der Waals surface area contributed by atoms with E-state index < -0.39 is 0 Å². The molecule has 0 bridgehead atoms. The highest BCUT2D eigenvalue weighted by Gasteiger charge is 2.31. The molecule has 1 aliphatic rings. The van der Waals surface area contributed by atoms with Crippen LogP contribution in [0.5, 0.6) is 0 Å². The van der Waals surface area contributed by atoms with Crippen LogP contribution in [0.4, 0.5) is 0 Å². The second-order valence-corrected chi connectivity index (χ2v) is 4.47. The predicted octanol–water partition coefficient (Wildman–Crippen LogP) is 3.43. The summed E-state index contributed by atoms with van der Waals surface area (Å²) in [4.78, 5) is 11.3. The number of carbonyl (C=O) groups is 1. The zero-order valence-electron chi connectivity index (χ0n) is 9.18. The third-order valence-corrected chi connectivity index (χ3v) is 3.77. The number of carbonyl (C=O) groups excluding carboxylic acids is 1. The van der Waals surface area contributed by atoms with Crippen molar-refractivity contribution in [2.45, 2.75) is 52.9 Å². The zero-order chi connectivity index (χ0) is 9.84. The van der Waals surface area contributed by atoms with Gasteiger partial charge in [-0.25, -0.2) is 0 Å². The number of hydrogen-bond acceptors (Lipinski definition) is 1. The topological polar surface area (TPSA) is 17.1 Å². The molecule has 2 unspecified atom stereocenters. The molecule has 0 saturated heterocycles. The average molecular weight is 182 g/mol. The summed E-state index contributed by atoms with van der Waals surface area (Å²) < 4.78 is 0. The minimum Gasteiger partial charge on any atom is -0.299 e. The van der Waals surface area contributed by atoms with E-state index in [1.54, 1.807) is 0 Å². The van der Waals surface area contributed by atoms with Crippen molar-refractivity contribution in [2.75, 3.05) is 0 Å². The van der Waals surface area contributed by atoms with Crippen LogP contribution < -0.4 is 0 Å². The van der Waals surface area contributed by atoms with Crippen molar-refractivity contribution in [1.82, 2.24) is 0 Å². The summed E-state index contributed by atoms with van der Waals surface area (Å²) in [7, 11) is 0. The van der Waals surface area contributed by atoms with Crippen molar-refractivity contribution < 1.29 is 4.79 Å². The Bertz CT molecular complexity index is 170. The number of Topliss-reactive ketones (excluding diaryl/α,β-unsaturated/α-hetero) is 1. The van der Waals surface area contributed by atoms with Gasteiger partial charge in [-0.3, -0.25) is 4.79 Å². The molecule has 0 spiro atoms. The van der Waals surface area contributed by atoms with Crippen molar-refractivity contribution >= 4 is 5.78 Å². The van der Waals surface area contributed by atoms with Crippen LogP contribution in [0, 0.1) is 17.8 Å². The van der Waals surface area contributed by atoms with Crippen molar-refractivity contribution in [3.63, 3.8) is 0 Å². The van der Waals surface area contributed by atoms with Gasteiger partial charge in [-0.2, -0.15) is 0 Å². The second kappa shape index (κ2) is 4.78. The van der Waals surface area contributed by atoms with E-state index in [-0.39, 0.29) is 0 Å². The van der Waals surface area contributed by atoms with E-state index in [1.165, 1.54) is 19.3 Å². The number of rotatable bonds is 4. The third kappa shape index (κ3) is 2.55. The summed E-state index contributed by atoms with van der Waals surface area (Å²) in [6.45, 7) is 6.63. The molecule has 0 N–H and O–H groups in total. The van der Waals surface area contributed by atoms with Crippen LogP contribution in [0.1, 0.15) is 52.9 Å². The minimum atomic E-state index is 0.348. The highest BCUT2D eigenvalue weighted by atomic mass is 16.1. The summed E-state index contributed by atoms with van der Waals surface area (Å²) >= 11 is 0. The van der Waals surface area contributed by atoms with Crippen LogP contribution in [-0.2, 0) is 4.79 Å². The maximum Gasteiger partial charge on any atom is 0.135 e. The largest absolute Gasteiger partial charge is 0.299 e. The molecule has 1 fully saturated rings. The summed E-state index contributed by atoms with van der Waals surface area (Å²) in [6.07, 6.45) is 5.81. The van der Waals surface area contributed by atoms with Crippen molar-refractivity contribution in [2.24, 2.45) is 17.8 Å². The molecular formula is C12H22O. The van der Waals surface area contributed by atoms with Gasteiger partial charge in [0.05, 0.1) is 0 Å². The highest BCUT2D eigenvalue weighted by molar-refractivity contribution is 5.82. The maximum atomic E-state index is 11.3. The van der Waals surface area contributed by atoms with E-state index in [2.05, 4.69) is 20.8 Å². The Morgan fingerprint density at radius 1 is 1.38 bits per heavy atom. The molecule has 1 aliphatic carbocycles. The molecule has 0 radical (unpaired) electrons. The van der Waals surface area contributed by atoms with E-state index in [0.29, 0.717) is 17.6 Å². The second-order valence-electron chi connectivity index (χ2n) is 4.47. The van der Waals surface area contributed by atoms with E-state index in [0.717, 1.165) is 18.8 Å². The fourth-order valence-corrected chi connectivity index (χ4v) is 2.44. The Labute approximate surface area is 81.9 Å². The monoisotopic (exact) mass is 182 g/mol. The first-order valence-electron chi connectivity index (χ1n) is 5.71. The molecule has 1 heteroatoms. The molecular weight excluding hydrogens is 160 g/mol. The fraction of sp³-hybridized carbons (Fsp3) is 0.917. The van der Waals surface area contributed by atoms with Gasteiger partial charge in [0, 0.05) is 12.3 Å². The molecule has 0 aromatic rings. The van der Waals surface area contributed by atoms with Gasteiger partial charge >= 0.3 is 0 Å². The molecule has 13 heavy (non-hydrogen) atoms. The van der Waals surface area contributed by atoms with Gasteiger partial charge in [-0.05, 0) is 24.7 Å². The van der Waals surface area contributed by atoms with Gasteiger partial charge in [-0.15, -0.1) is 0 Å². The number of hydrogen-bond donors (Lipinski definition) is 0. The van der Waals surface area contributed by atoms with Crippen LogP contribution in [0.15, 0.2) is 0 Å². The molecule has 0 heterocycles. The average Bonchev–Trinajstić information content (AvgIpc) is 2.45. The maximum absolute atomic E-state index is 11.3. The Balaban J connectivity index is 2.40. The molecule has 0 aromatic heterocycles. The molecule has 2 atom stereocenters. The minimum absolute atomic E-state index is 0.348. The molecule has 76 valence electrons. The van der Waals surface area contributed by atoms with E-state index in [4.69, 9.17) is 0 Å². The lowest BCUT2D eigenvalue weighted by molar-refractivity contribution is -0.120. The van der Waals surface area contributed by atoms with Crippen LogP contribution in [0.3, 0.4) is 0 Å². The summed E-state index contributed by atoms with van der Waals surface area (Å²) in [5.41, 5.74) is 0. The summed E-state index contributed by atoms with van der Waals surface area (Å²) in [5.74, 6) is 2.38. The van der Waals surface area contributed by atoms with Gasteiger partial charge in [0.15, 0.2) is 0 Å². The lowest BCUT2D eigenvalue weighted by atomic mass is 9.85. The third-order valence-electron chi connectivity index (χ3n) is 3.77. The van der Waals surface area contributed by atoms with Gasteiger partial charge in [-0.1, -0.05) is 33.6 Å². The summed E-state index contributed by atoms with van der Waals surface area (Å²) in [6, 6.07) is 0. The van der Waals surface area contributed by atoms with Gasteiger partial charge in [0.1, 0.15) is 5.78 Å². The molecule has 1 nitrogen and oxygen atoms in total. The predicted molar refractivity (Wildman–Crippen MR) is 55.6 cm³/mol. The molecule has 0 amide bonds. The van der Waals surface area contributed by atoms with Gasteiger partial charge in [0.2, 0.25) is 0 Å². The summed E-state index contributed by atoms with van der Waals surface area (Å²) in [5, 5.41) is 0. The standard InChI is InChI=1S/C12H22O/c1-4-10(5-2)8-11-6-7-12(13)9(11)3/h9-11H,4-8H2,1-3H3. The molecule has 1 rings (SSSR count). The molecule has 0 aromatic carbocycles. The Morgan fingerprint density at radius 3 is 2.38 bits per heavy atom. The molecule has 0 aliphatic heterocycles.